The molecule has 0 spiro atoms. The lowest BCUT2D eigenvalue weighted by atomic mass is 10.1. The van der Waals surface area contributed by atoms with Gasteiger partial charge in [0.15, 0.2) is 16.4 Å². The van der Waals surface area contributed by atoms with Crippen LogP contribution in [0.25, 0.3) is 21.9 Å². The minimum atomic E-state index is -0.661. The maximum atomic E-state index is 11.7. The SMILES string of the molecule is Cc1ccc2oc(=O)c3c(=O)ccoc3c2c1. The van der Waals surface area contributed by atoms with E-state index < -0.39 is 5.63 Å². The van der Waals surface area contributed by atoms with Crippen molar-refractivity contribution in [1.29, 1.82) is 0 Å². The van der Waals surface area contributed by atoms with Gasteiger partial charge in [0.05, 0.1) is 11.6 Å². The first-order valence-electron chi connectivity index (χ1n) is 5.12. The molecule has 0 bridgehead atoms. The van der Waals surface area contributed by atoms with E-state index in [0.717, 1.165) is 5.56 Å². The quantitative estimate of drug-likeness (QED) is 0.437. The Balaban J connectivity index is 2.73. The van der Waals surface area contributed by atoms with Crippen LogP contribution in [-0.2, 0) is 0 Å². The predicted molar refractivity (Wildman–Crippen MR) is 63.3 cm³/mol. The standard InChI is InChI=1S/C13H8O4/c1-7-2-3-10-8(6-7)12-11(13(15)17-10)9(14)4-5-16-12/h2-6H,1H3. The molecule has 84 valence electrons. The molecule has 0 amide bonds. The fourth-order valence-corrected chi connectivity index (χ4v) is 1.87. The predicted octanol–water partition coefficient (Wildman–Crippen LogP) is 2.21. The Morgan fingerprint density at radius 1 is 1.12 bits per heavy atom. The maximum absolute atomic E-state index is 11.7. The molecule has 0 atom stereocenters. The van der Waals surface area contributed by atoms with Crippen LogP contribution in [-0.4, -0.2) is 0 Å². The Labute approximate surface area is 95.1 Å². The Hall–Kier alpha value is -2.36. The van der Waals surface area contributed by atoms with Gasteiger partial charge in [0.2, 0.25) is 0 Å². The number of hydrogen-bond donors (Lipinski definition) is 0. The number of fused-ring (bicyclic) bond motifs is 3. The topological polar surface area (TPSA) is 60.4 Å². The number of benzene rings is 1. The first kappa shape index (κ1) is 9.84. The van der Waals surface area contributed by atoms with Crippen LogP contribution in [0.3, 0.4) is 0 Å². The van der Waals surface area contributed by atoms with Gasteiger partial charge in [-0.2, -0.15) is 0 Å². The van der Waals surface area contributed by atoms with Crippen molar-refractivity contribution in [3.63, 3.8) is 0 Å². The third kappa shape index (κ3) is 1.38. The Morgan fingerprint density at radius 2 is 1.94 bits per heavy atom. The second kappa shape index (κ2) is 3.31. The third-order valence-electron chi connectivity index (χ3n) is 2.67. The molecule has 0 N–H and O–H groups in total. The summed E-state index contributed by atoms with van der Waals surface area (Å²) in [5.41, 5.74) is 0.656. The van der Waals surface area contributed by atoms with Gasteiger partial charge in [-0.05, 0) is 19.1 Å². The zero-order valence-corrected chi connectivity index (χ0v) is 9.02. The highest BCUT2D eigenvalue weighted by atomic mass is 16.4. The van der Waals surface area contributed by atoms with E-state index in [9.17, 15) is 9.59 Å². The van der Waals surface area contributed by atoms with Crippen LogP contribution in [0.2, 0.25) is 0 Å². The molecule has 0 saturated carbocycles. The second-order valence-corrected chi connectivity index (χ2v) is 3.88. The zero-order valence-electron chi connectivity index (χ0n) is 9.02. The van der Waals surface area contributed by atoms with Crippen molar-refractivity contribution in [3.05, 3.63) is 56.7 Å². The van der Waals surface area contributed by atoms with Gasteiger partial charge in [0.1, 0.15) is 5.58 Å². The summed E-state index contributed by atoms with van der Waals surface area (Å²) in [5, 5.41) is 0.600. The second-order valence-electron chi connectivity index (χ2n) is 3.88. The summed E-state index contributed by atoms with van der Waals surface area (Å²) < 4.78 is 10.4. The van der Waals surface area contributed by atoms with Crippen molar-refractivity contribution < 1.29 is 8.83 Å². The van der Waals surface area contributed by atoms with Crippen molar-refractivity contribution in [2.45, 2.75) is 6.92 Å². The molecule has 3 rings (SSSR count). The van der Waals surface area contributed by atoms with E-state index in [2.05, 4.69) is 0 Å². The molecule has 1 aromatic carbocycles. The van der Waals surface area contributed by atoms with Gasteiger partial charge in [0.25, 0.3) is 0 Å². The highest BCUT2D eigenvalue weighted by Gasteiger charge is 2.11. The molecule has 2 heterocycles. The van der Waals surface area contributed by atoms with Crippen LogP contribution in [0, 0.1) is 6.92 Å². The average Bonchev–Trinajstić information content (AvgIpc) is 2.30. The van der Waals surface area contributed by atoms with Crippen molar-refractivity contribution in [2.75, 3.05) is 0 Å². The molecule has 3 aromatic rings. The zero-order chi connectivity index (χ0) is 12.0. The van der Waals surface area contributed by atoms with Gasteiger partial charge < -0.3 is 8.83 Å². The van der Waals surface area contributed by atoms with Gasteiger partial charge in [-0.15, -0.1) is 0 Å². The third-order valence-corrected chi connectivity index (χ3v) is 2.67. The normalized spacial score (nSPS) is 11.1. The molecule has 0 unspecified atom stereocenters. The van der Waals surface area contributed by atoms with E-state index in [1.807, 2.05) is 19.1 Å². The Morgan fingerprint density at radius 3 is 2.76 bits per heavy atom. The molecule has 2 aromatic heterocycles. The average molecular weight is 228 g/mol. The smallest absolute Gasteiger partial charge is 0.351 e. The number of rotatable bonds is 0. The summed E-state index contributed by atoms with van der Waals surface area (Å²) in [6.45, 7) is 1.91. The van der Waals surface area contributed by atoms with Crippen LogP contribution < -0.4 is 11.1 Å². The van der Waals surface area contributed by atoms with E-state index in [4.69, 9.17) is 8.83 Å². The first-order chi connectivity index (χ1) is 8.16. The van der Waals surface area contributed by atoms with E-state index >= 15 is 0 Å². The van der Waals surface area contributed by atoms with Crippen molar-refractivity contribution >= 4 is 21.9 Å². The van der Waals surface area contributed by atoms with Gasteiger partial charge in [0, 0.05) is 6.07 Å². The molecule has 0 fully saturated rings. The molecule has 0 aliphatic rings. The monoisotopic (exact) mass is 228 g/mol. The molecule has 17 heavy (non-hydrogen) atoms. The largest absolute Gasteiger partial charge is 0.463 e. The number of aryl methyl sites for hydroxylation is 1. The molecular formula is C13H8O4. The lowest BCUT2D eigenvalue weighted by Gasteiger charge is -2.01. The maximum Gasteiger partial charge on any atom is 0.351 e. The van der Waals surface area contributed by atoms with Crippen LogP contribution in [0.1, 0.15) is 5.56 Å². The van der Waals surface area contributed by atoms with E-state index in [1.54, 1.807) is 6.07 Å². The van der Waals surface area contributed by atoms with E-state index in [1.165, 1.54) is 12.3 Å². The highest BCUT2D eigenvalue weighted by Crippen LogP contribution is 2.21. The summed E-state index contributed by atoms with van der Waals surface area (Å²) in [7, 11) is 0. The fourth-order valence-electron chi connectivity index (χ4n) is 1.87. The highest BCUT2D eigenvalue weighted by molar-refractivity contribution is 6.00. The lowest BCUT2D eigenvalue weighted by Crippen LogP contribution is -2.11. The van der Waals surface area contributed by atoms with Gasteiger partial charge in [-0.3, -0.25) is 4.79 Å². The first-order valence-corrected chi connectivity index (χ1v) is 5.12. The summed E-state index contributed by atoms with van der Waals surface area (Å²) >= 11 is 0. The molecule has 4 nitrogen and oxygen atoms in total. The van der Waals surface area contributed by atoms with E-state index in [0.29, 0.717) is 11.0 Å². The minimum absolute atomic E-state index is 0.0365. The molecule has 0 aliphatic carbocycles. The minimum Gasteiger partial charge on any atom is -0.463 e. The van der Waals surface area contributed by atoms with Crippen LogP contribution in [0.15, 0.2) is 49.0 Å². The van der Waals surface area contributed by atoms with Gasteiger partial charge in [-0.1, -0.05) is 11.6 Å². The van der Waals surface area contributed by atoms with Crippen molar-refractivity contribution in [2.24, 2.45) is 0 Å². The summed E-state index contributed by atoms with van der Waals surface area (Å²) in [6, 6.07) is 6.56. The molecule has 0 aliphatic heterocycles. The van der Waals surface area contributed by atoms with Crippen LogP contribution in [0.5, 0.6) is 0 Å². The van der Waals surface area contributed by atoms with Gasteiger partial charge in [-0.25, -0.2) is 4.79 Å². The summed E-state index contributed by atoms with van der Waals surface area (Å²) in [6.07, 6.45) is 1.28. The van der Waals surface area contributed by atoms with Crippen LogP contribution >= 0.6 is 0 Å². The Bertz CT molecular complexity index is 839. The number of hydrogen-bond acceptors (Lipinski definition) is 4. The van der Waals surface area contributed by atoms with Crippen molar-refractivity contribution in [1.82, 2.24) is 0 Å². The van der Waals surface area contributed by atoms with Crippen molar-refractivity contribution in [3.8, 4) is 0 Å². The molecule has 0 saturated heterocycles. The summed E-state index contributed by atoms with van der Waals surface area (Å²) in [4.78, 5) is 23.3. The fraction of sp³-hybridized carbons (Fsp3) is 0.0769. The van der Waals surface area contributed by atoms with Crippen LogP contribution in [0.4, 0.5) is 0 Å². The molecular weight excluding hydrogens is 220 g/mol. The molecule has 4 heteroatoms. The van der Waals surface area contributed by atoms with E-state index in [-0.39, 0.29) is 16.4 Å². The molecule has 0 radical (unpaired) electrons. The van der Waals surface area contributed by atoms with Gasteiger partial charge >= 0.3 is 5.63 Å². The lowest BCUT2D eigenvalue weighted by molar-refractivity contribution is 0.556. The Kier molecular flexibility index (Phi) is 1.92. The summed E-state index contributed by atoms with van der Waals surface area (Å²) in [5.74, 6) is 0.